The third kappa shape index (κ3) is 3.80. The lowest BCUT2D eigenvalue weighted by Gasteiger charge is -2.22. The molecule has 0 saturated heterocycles. The number of hydrogen-bond acceptors (Lipinski definition) is 3. The Morgan fingerprint density at radius 1 is 0.923 bits per heavy atom. The Morgan fingerprint density at radius 2 is 1.58 bits per heavy atom. The molecule has 136 valence electrons. The van der Waals surface area contributed by atoms with Crippen LogP contribution in [0.4, 0.5) is 0 Å². The van der Waals surface area contributed by atoms with Crippen LogP contribution in [0.2, 0.25) is 0 Å². The van der Waals surface area contributed by atoms with Crippen LogP contribution >= 0.6 is 11.3 Å². The van der Waals surface area contributed by atoms with Gasteiger partial charge in [0.25, 0.3) is 5.91 Å². The van der Waals surface area contributed by atoms with E-state index in [0.717, 1.165) is 53.6 Å². The third-order valence-electron chi connectivity index (χ3n) is 4.67. The van der Waals surface area contributed by atoms with E-state index in [1.165, 1.54) is 0 Å². The molecule has 0 bridgehead atoms. The molecule has 1 heterocycles. The molecule has 0 aliphatic rings. The maximum absolute atomic E-state index is 13.0. The van der Waals surface area contributed by atoms with Crippen LogP contribution in [0, 0.1) is 0 Å². The summed E-state index contributed by atoms with van der Waals surface area (Å²) in [6.07, 6.45) is 4.13. The molecule has 0 radical (unpaired) electrons. The lowest BCUT2D eigenvalue weighted by molar-refractivity contribution is 0.0751. The Balaban J connectivity index is 2.01. The zero-order valence-corrected chi connectivity index (χ0v) is 16.3. The van der Waals surface area contributed by atoms with Crippen LogP contribution in [-0.2, 0) is 0 Å². The fourth-order valence-electron chi connectivity index (χ4n) is 3.13. The molecule has 4 heteroatoms. The second-order valence-corrected chi connectivity index (χ2v) is 7.72. The smallest absolute Gasteiger partial charge is 0.253 e. The molecule has 1 aromatic heterocycles. The molecule has 0 atom stereocenters. The van der Waals surface area contributed by atoms with E-state index < -0.39 is 0 Å². The molecule has 0 aliphatic carbocycles. The van der Waals surface area contributed by atoms with Crippen molar-refractivity contribution in [3.8, 4) is 0 Å². The minimum absolute atomic E-state index is 0.0117. The zero-order chi connectivity index (χ0) is 18.5. The highest BCUT2D eigenvalue weighted by atomic mass is 32.1. The molecule has 0 N–H and O–H groups in total. The molecular formula is C22H25NO2S. The van der Waals surface area contributed by atoms with E-state index in [1.807, 2.05) is 41.3 Å². The van der Waals surface area contributed by atoms with Gasteiger partial charge in [-0.15, -0.1) is 11.3 Å². The van der Waals surface area contributed by atoms with Crippen LogP contribution in [0.3, 0.4) is 0 Å². The first kappa shape index (κ1) is 18.6. The van der Waals surface area contributed by atoms with Crippen LogP contribution in [-0.4, -0.2) is 23.9 Å². The van der Waals surface area contributed by atoms with Crippen LogP contribution in [0.5, 0.6) is 0 Å². The summed E-state index contributed by atoms with van der Waals surface area (Å²) in [5, 5.41) is 1.37. The predicted molar refractivity (Wildman–Crippen MR) is 111 cm³/mol. The first-order valence-electron chi connectivity index (χ1n) is 9.40. The van der Waals surface area contributed by atoms with Crippen molar-refractivity contribution in [3.05, 3.63) is 58.3 Å². The van der Waals surface area contributed by atoms with Gasteiger partial charge in [-0.05, 0) is 43.2 Å². The Labute approximate surface area is 158 Å². The summed E-state index contributed by atoms with van der Waals surface area (Å²) in [4.78, 5) is 27.8. The number of carbonyl (C=O) groups excluding carboxylic acids is 1. The van der Waals surface area contributed by atoms with Gasteiger partial charge in [0.2, 0.25) is 0 Å². The second-order valence-electron chi connectivity index (χ2n) is 6.64. The lowest BCUT2D eigenvalue weighted by atomic mass is 10.1. The topological polar surface area (TPSA) is 37.4 Å². The maximum atomic E-state index is 13.0. The van der Waals surface area contributed by atoms with E-state index in [9.17, 15) is 9.59 Å². The molecular weight excluding hydrogens is 342 g/mol. The van der Waals surface area contributed by atoms with E-state index in [-0.39, 0.29) is 11.3 Å². The van der Waals surface area contributed by atoms with Crippen molar-refractivity contribution in [1.82, 2.24) is 4.90 Å². The highest BCUT2D eigenvalue weighted by Gasteiger charge is 2.16. The molecule has 3 nitrogen and oxygen atoms in total. The number of rotatable bonds is 7. The SMILES string of the molecule is CCCCN(CCCC)C(=O)c1ccc2sc3ccccc3c(=O)c2c1. The van der Waals surface area contributed by atoms with Gasteiger partial charge in [0, 0.05) is 38.8 Å². The maximum Gasteiger partial charge on any atom is 0.253 e. The zero-order valence-electron chi connectivity index (χ0n) is 15.5. The Bertz CT molecular complexity index is 969. The summed E-state index contributed by atoms with van der Waals surface area (Å²) in [5.41, 5.74) is 0.627. The average Bonchev–Trinajstić information content (AvgIpc) is 2.68. The third-order valence-corrected chi connectivity index (χ3v) is 5.82. The molecule has 0 saturated carbocycles. The summed E-state index contributed by atoms with van der Waals surface area (Å²) >= 11 is 1.60. The Hall–Kier alpha value is -2.20. The molecule has 0 aliphatic heterocycles. The normalized spacial score (nSPS) is 11.2. The number of carbonyl (C=O) groups is 1. The molecule has 0 spiro atoms. The van der Waals surface area contributed by atoms with Crippen molar-refractivity contribution in [3.63, 3.8) is 0 Å². The molecule has 0 unspecified atom stereocenters. The molecule has 1 amide bonds. The van der Waals surface area contributed by atoms with Crippen molar-refractivity contribution < 1.29 is 4.79 Å². The highest BCUT2D eigenvalue weighted by molar-refractivity contribution is 7.24. The van der Waals surface area contributed by atoms with Crippen molar-refractivity contribution in [2.24, 2.45) is 0 Å². The largest absolute Gasteiger partial charge is 0.339 e. The standard InChI is InChI=1S/C22H25NO2S/c1-3-5-13-23(14-6-4-2)22(25)16-11-12-20-18(15-16)21(24)17-9-7-8-10-19(17)26-20/h7-12,15H,3-6,13-14H2,1-2H3. The molecule has 2 aromatic carbocycles. The van der Waals surface area contributed by atoms with Gasteiger partial charge in [-0.2, -0.15) is 0 Å². The van der Waals surface area contributed by atoms with Crippen molar-refractivity contribution >= 4 is 37.4 Å². The van der Waals surface area contributed by atoms with E-state index in [1.54, 1.807) is 17.4 Å². The number of unbranched alkanes of at least 4 members (excludes halogenated alkanes) is 2. The molecule has 3 rings (SSSR count). The quantitative estimate of drug-likeness (QED) is 0.520. The Kier molecular flexibility index (Phi) is 6.04. The van der Waals surface area contributed by atoms with Gasteiger partial charge in [-0.1, -0.05) is 38.8 Å². The van der Waals surface area contributed by atoms with Gasteiger partial charge in [0.05, 0.1) is 0 Å². The lowest BCUT2D eigenvalue weighted by Crippen LogP contribution is -2.33. The number of amides is 1. The number of benzene rings is 2. The Morgan fingerprint density at radius 3 is 2.27 bits per heavy atom. The van der Waals surface area contributed by atoms with Crippen LogP contribution in [0.25, 0.3) is 20.2 Å². The van der Waals surface area contributed by atoms with Gasteiger partial charge in [-0.3, -0.25) is 9.59 Å². The number of fused-ring (bicyclic) bond motifs is 2. The summed E-state index contributed by atoms with van der Waals surface area (Å²) in [7, 11) is 0. The van der Waals surface area contributed by atoms with Crippen molar-refractivity contribution in [2.45, 2.75) is 39.5 Å². The van der Waals surface area contributed by atoms with E-state index in [0.29, 0.717) is 10.9 Å². The fraction of sp³-hybridized carbons (Fsp3) is 0.364. The number of hydrogen-bond donors (Lipinski definition) is 0. The number of nitrogens with zero attached hydrogens (tertiary/aromatic N) is 1. The average molecular weight is 368 g/mol. The predicted octanol–water partition coefficient (Wildman–Crippen LogP) is 5.46. The van der Waals surface area contributed by atoms with Crippen LogP contribution in [0.1, 0.15) is 49.9 Å². The first-order chi connectivity index (χ1) is 12.7. The van der Waals surface area contributed by atoms with E-state index in [4.69, 9.17) is 0 Å². The summed E-state index contributed by atoms with van der Waals surface area (Å²) in [6, 6.07) is 13.2. The van der Waals surface area contributed by atoms with Crippen LogP contribution in [0.15, 0.2) is 47.3 Å². The molecule has 3 aromatic rings. The highest BCUT2D eigenvalue weighted by Crippen LogP contribution is 2.25. The fourth-order valence-corrected chi connectivity index (χ4v) is 4.18. The van der Waals surface area contributed by atoms with Gasteiger partial charge in [0.15, 0.2) is 5.43 Å². The van der Waals surface area contributed by atoms with Crippen LogP contribution < -0.4 is 5.43 Å². The van der Waals surface area contributed by atoms with Gasteiger partial charge in [-0.25, -0.2) is 0 Å². The van der Waals surface area contributed by atoms with Gasteiger partial charge >= 0.3 is 0 Å². The second kappa shape index (κ2) is 8.45. The molecule has 26 heavy (non-hydrogen) atoms. The van der Waals surface area contributed by atoms with Gasteiger partial charge in [0.1, 0.15) is 0 Å². The minimum atomic E-state index is 0.0117. The monoisotopic (exact) mass is 367 g/mol. The van der Waals surface area contributed by atoms with E-state index >= 15 is 0 Å². The summed E-state index contributed by atoms with van der Waals surface area (Å²) in [6.45, 7) is 5.82. The van der Waals surface area contributed by atoms with Crippen molar-refractivity contribution in [2.75, 3.05) is 13.1 Å². The van der Waals surface area contributed by atoms with E-state index in [2.05, 4.69) is 13.8 Å². The summed E-state index contributed by atoms with van der Waals surface area (Å²) < 4.78 is 1.91. The minimum Gasteiger partial charge on any atom is -0.339 e. The van der Waals surface area contributed by atoms with Crippen molar-refractivity contribution in [1.29, 1.82) is 0 Å². The first-order valence-corrected chi connectivity index (χ1v) is 10.2. The van der Waals surface area contributed by atoms with Gasteiger partial charge < -0.3 is 4.90 Å². The molecule has 0 fully saturated rings. The summed E-state index contributed by atoms with van der Waals surface area (Å²) in [5.74, 6) is 0.0337.